The second-order valence-corrected chi connectivity index (χ2v) is 8.95. The van der Waals surface area contributed by atoms with Gasteiger partial charge in [-0.3, -0.25) is 4.79 Å². The molecule has 2 aliphatic rings. The predicted octanol–water partition coefficient (Wildman–Crippen LogP) is -0.126. The van der Waals surface area contributed by atoms with Gasteiger partial charge in [-0.25, -0.2) is 0 Å². The van der Waals surface area contributed by atoms with Crippen LogP contribution in [-0.4, -0.2) is 99.3 Å². The van der Waals surface area contributed by atoms with Crippen LogP contribution < -0.4 is 4.74 Å². The molecule has 0 aromatic heterocycles. The predicted molar refractivity (Wildman–Crippen MR) is 103 cm³/mol. The van der Waals surface area contributed by atoms with Crippen LogP contribution in [0.3, 0.4) is 0 Å². The summed E-state index contributed by atoms with van der Waals surface area (Å²) in [7, 11) is 0.155. The lowest BCUT2D eigenvalue weighted by atomic mass is 10.1. The van der Waals surface area contributed by atoms with E-state index in [9.17, 15) is 13.2 Å². The average molecular weight is 397 g/mol. The van der Waals surface area contributed by atoms with Crippen LogP contribution in [0.25, 0.3) is 0 Å². The smallest absolute Gasteiger partial charge is 0.282 e. The molecule has 0 saturated carbocycles. The Morgan fingerprint density at radius 3 is 2.19 bits per heavy atom. The van der Waals surface area contributed by atoms with Crippen molar-refractivity contribution >= 4 is 16.1 Å². The summed E-state index contributed by atoms with van der Waals surface area (Å²) in [5, 5.41) is 0. The molecule has 2 saturated heterocycles. The van der Waals surface area contributed by atoms with E-state index in [2.05, 4.69) is 4.90 Å². The molecule has 2 fully saturated rings. The monoisotopic (exact) mass is 396 g/mol. The largest absolute Gasteiger partial charge is 0.497 e. The molecule has 8 nitrogen and oxygen atoms in total. The molecule has 2 aliphatic heterocycles. The van der Waals surface area contributed by atoms with Crippen molar-refractivity contribution in [3.05, 3.63) is 29.8 Å². The second kappa shape index (κ2) is 8.55. The van der Waals surface area contributed by atoms with Gasteiger partial charge in [-0.1, -0.05) is 12.1 Å². The van der Waals surface area contributed by atoms with Crippen molar-refractivity contribution in [1.29, 1.82) is 0 Å². The molecule has 0 N–H and O–H groups in total. The summed E-state index contributed by atoms with van der Waals surface area (Å²) < 4.78 is 33.9. The molecule has 0 bridgehead atoms. The standard InChI is InChI=1S/C18H28N4O4S/c1-19-6-10-21(11-7-19)27(24,25)22-12-8-20(9-13-22)18(23)15-16-4-3-5-17(14-16)26-2/h3-5,14H,6-13,15H2,1-2H3. The number of hydrogen-bond donors (Lipinski definition) is 0. The third-order valence-electron chi connectivity index (χ3n) is 5.20. The molecule has 1 aromatic carbocycles. The molecule has 9 heteroatoms. The molecule has 27 heavy (non-hydrogen) atoms. The number of benzene rings is 1. The van der Waals surface area contributed by atoms with Gasteiger partial charge in [0.05, 0.1) is 13.5 Å². The Morgan fingerprint density at radius 1 is 1.00 bits per heavy atom. The van der Waals surface area contributed by atoms with Crippen LogP contribution >= 0.6 is 0 Å². The first-order valence-corrected chi connectivity index (χ1v) is 10.6. The topological polar surface area (TPSA) is 73.4 Å². The summed E-state index contributed by atoms with van der Waals surface area (Å²) >= 11 is 0. The highest BCUT2D eigenvalue weighted by Crippen LogP contribution is 2.17. The lowest BCUT2D eigenvalue weighted by Crippen LogP contribution is -2.57. The third-order valence-corrected chi connectivity index (χ3v) is 7.23. The Balaban J connectivity index is 1.54. The van der Waals surface area contributed by atoms with Crippen LogP contribution in [-0.2, 0) is 21.4 Å². The Hall–Kier alpha value is -1.68. The summed E-state index contributed by atoms with van der Waals surface area (Å²) in [6.45, 7) is 4.08. The highest BCUT2D eigenvalue weighted by atomic mass is 32.2. The Labute approximate surface area is 161 Å². The first kappa shape index (κ1) is 20.1. The molecule has 2 heterocycles. The summed E-state index contributed by atoms with van der Waals surface area (Å²) in [4.78, 5) is 16.4. The van der Waals surface area contributed by atoms with Crippen molar-refractivity contribution in [2.24, 2.45) is 0 Å². The van der Waals surface area contributed by atoms with Gasteiger partial charge in [-0.05, 0) is 24.7 Å². The van der Waals surface area contributed by atoms with E-state index in [4.69, 9.17) is 4.74 Å². The number of nitrogens with zero attached hydrogens (tertiary/aromatic N) is 4. The van der Waals surface area contributed by atoms with E-state index < -0.39 is 10.2 Å². The summed E-state index contributed by atoms with van der Waals surface area (Å²) in [6.07, 6.45) is 0.294. The zero-order valence-corrected chi connectivity index (χ0v) is 16.8. The van der Waals surface area contributed by atoms with Gasteiger partial charge < -0.3 is 14.5 Å². The molecule has 0 spiro atoms. The maximum Gasteiger partial charge on any atom is 0.282 e. The molecule has 0 radical (unpaired) electrons. The number of carbonyl (C=O) groups excluding carboxylic acids is 1. The van der Waals surface area contributed by atoms with Gasteiger partial charge in [0, 0.05) is 52.4 Å². The van der Waals surface area contributed by atoms with Crippen molar-refractivity contribution < 1.29 is 17.9 Å². The zero-order valence-electron chi connectivity index (χ0n) is 16.0. The first-order valence-electron chi connectivity index (χ1n) is 9.24. The number of carbonyl (C=O) groups is 1. The SMILES string of the molecule is COc1cccc(CC(=O)N2CCN(S(=O)(=O)N3CCN(C)CC3)CC2)c1. The number of amides is 1. The van der Waals surface area contributed by atoms with Crippen LogP contribution in [0.2, 0.25) is 0 Å². The number of methoxy groups -OCH3 is 1. The van der Waals surface area contributed by atoms with Gasteiger partial charge in [0.1, 0.15) is 5.75 Å². The average Bonchev–Trinajstić information content (AvgIpc) is 2.68. The lowest BCUT2D eigenvalue weighted by Gasteiger charge is -2.39. The normalized spacial score (nSPS) is 20.6. The van der Waals surface area contributed by atoms with Crippen molar-refractivity contribution in [3.63, 3.8) is 0 Å². The van der Waals surface area contributed by atoms with Gasteiger partial charge >= 0.3 is 0 Å². The molecule has 150 valence electrons. The van der Waals surface area contributed by atoms with E-state index in [1.165, 1.54) is 4.31 Å². The number of piperazine rings is 2. The first-order chi connectivity index (χ1) is 12.9. The molecule has 1 amide bonds. The Morgan fingerprint density at radius 2 is 1.59 bits per heavy atom. The Bertz CT molecular complexity index is 754. The quantitative estimate of drug-likeness (QED) is 0.694. The summed E-state index contributed by atoms with van der Waals surface area (Å²) in [6, 6.07) is 7.46. The van der Waals surface area contributed by atoms with Gasteiger partial charge in [-0.15, -0.1) is 0 Å². The Kier molecular flexibility index (Phi) is 6.36. The molecule has 0 atom stereocenters. The van der Waals surface area contributed by atoms with Crippen LogP contribution in [0.5, 0.6) is 5.75 Å². The van der Waals surface area contributed by atoms with Gasteiger partial charge in [-0.2, -0.15) is 17.0 Å². The molecule has 0 aliphatic carbocycles. The fourth-order valence-electron chi connectivity index (χ4n) is 3.42. The zero-order chi connectivity index (χ0) is 19.4. The van der Waals surface area contributed by atoms with E-state index in [1.54, 1.807) is 16.3 Å². The minimum Gasteiger partial charge on any atom is -0.497 e. The molecular formula is C18H28N4O4S. The molecule has 3 rings (SSSR count). The van der Waals surface area contributed by atoms with Crippen molar-refractivity contribution in [2.45, 2.75) is 6.42 Å². The summed E-state index contributed by atoms with van der Waals surface area (Å²) in [5.41, 5.74) is 0.895. The van der Waals surface area contributed by atoms with Gasteiger partial charge in [0.25, 0.3) is 10.2 Å². The molecule has 1 aromatic rings. The lowest BCUT2D eigenvalue weighted by molar-refractivity contribution is -0.131. The van der Waals surface area contributed by atoms with Crippen LogP contribution in [0, 0.1) is 0 Å². The van der Waals surface area contributed by atoms with Crippen LogP contribution in [0.15, 0.2) is 24.3 Å². The van der Waals surface area contributed by atoms with E-state index in [0.29, 0.717) is 45.7 Å². The fourth-order valence-corrected chi connectivity index (χ4v) is 5.00. The minimum absolute atomic E-state index is 0.0138. The van der Waals surface area contributed by atoms with Crippen LogP contribution in [0.1, 0.15) is 5.56 Å². The number of ether oxygens (including phenoxy) is 1. The van der Waals surface area contributed by atoms with Crippen LogP contribution in [0.4, 0.5) is 0 Å². The number of rotatable bonds is 5. The highest BCUT2D eigenvalue weighted by Gasteiger charge is 2.34. The third kappa shape index (κ3) is 4.78. The summed E-state index contributed by atoms with van der Waals surface area (Å²) in [5.74, 6) is 0.739. The van der Waals surface area contributed by atoms with E-state index in [0.717, 1.165) is 24.4 Å². The van der Waals surface area contributed by atoms with E-state index in [-0.39, 0.29) is 5.91 Å². The minimum atomic E-state index is -3.44. The maximum atomic E-state index is 12.8. The van der Waals surface area contributed by atoms with E-state index >= 15 is 0 Å². The number of hydrogen-bond acceptors (Lipinski definition) is 5. The van der Waals surface area contributed by atoms with Crippen molar-refractivity contribution in [3.8, 4) is 5.75 Å². The highest BCUT2D eigenvalue weighted by molar-refractivity contribution is 7.86. The van der Waals surface area contributed by atoms with E-state index in [1.807, 2.05) is 31.3 Å². The molecule has 0 unspecified atom stereocenters. The second-order valence-electron chi connectivity index (χ2n) is 7.02. The maximum absolute atomic E-state index is 12.8. The van der Waals surface area contributed by atoms with Crippen molar-refractivity contribution in [2.75, 3.05) is 66.5 Å². The van der Waals surface area contributed by atoms with Crippen molar-refractivity contribution in [1.82, 2.24) is 18.4 Å². The fraction of sp³-hybridized carbons (Fsp3) is 0.611. The van der Waals surface area contributed by atoms with Gasteiger partial charge in [0.2, 0.25) is 5.91 Å². The number of likely N-dealkylation sites (N-methyl/N-ethyl adjacent to an activating group) is 1. The molecular weight excluding hydrogens is 368 g/mol. The van der Waals surface area contributed by atoms with Gasteiger partial charge in [0.15, 0.2) is 0 Å².